The molecule has 1 aromatic carbocycles. The highest BCUT2D eigenvalue weighted by Crippen LogP contribution is 2.30. The Hall–Kier alpha value is -2.50. The van der Waals surface area contributed by atoms with Crippen molar-refractivity contribution in [1.82, 2.24) is 0 Å². The van der Waals surface area contributed by atoms with Crippen molar-refractivity contribution in [2.45, 2.75) is 20.8 Å². The maximum absolute atomic E-state index is 11.7. The molecule has 21 heavy (non-hydrogen) atoms. The van der Waals surface area contributed by atoms with Gasteiger partial charge in [0, 0.05) is 23.4 Å². The van der Waals surface area contributed by atoms with Gasteiger partial charge in [0.15, 0.2) is 11.5 Å². The summed E-state index contributed by atoms with van der Waals surface area (Å²) in [5, 5.41) is 11.3. The fraction of sp³-hybridized carbons (Fsp3) is 0.333. The number of carboxylic acid groups (broad SMARTS) is 1. The molecule has 0 unspecified atom stereocenters. The number of carbonyl (C=O) groups excluding carboxylic acids is 1. The van der Waals surface area contributed by atoms with Gasteiger partial charge >= 0.3 is 5.97 Å². The van der Waals surface area contributed by atoms with Gasteiger partial charge in [0.05, 0.1) is 13.2 Å². The number of hydrogen-bond donors (Lipinski definition) is 2. The van der Waals surface area contributed by atoms with Crippen molar-refractivity contribution in [3.8, 4) is 11.5 Å². The van der Waals surface area contributed by atoms with E-state index in [0.717, 1.165) is 6.08 Å². The summed E-state index contributed by atoms with van der Waals surface area (Å²) in [5.74, 6) is -0.529. The summed E-state index contributed by atoms with van der Waals surface area (Å²) < 4.78 is 10.9. The smallest absolute Gasteiger partial charge is 0.331 e. The second kappa shape index (κ2) is 7.94. The van der Waals surface area contributed by atoms with Crippen molar-refractivity contribution >= 4 is 17.6 Å². The Kier molecular flexibility index (Phi) is 6.26. The second-order valence-corrected chi connectivity index (χ2v) is 4.15. The number of nitrogens with one attached hydrogen (secondary N) is 1. The first-order valence-electron chi connectivity index (χ1n) is 6.60. The first-order valence-corrected chi connectivity index (χ1v) is 6.60. The molecule has 0 aliphatic carbocycles. The maximum Gasteiger partial charge on any atom is 0.331 e. The quantitative estimate of drug-likeness (QED) is 0.754. The minimum Gasteiger partial charge on any atom is -0.490 e. The number of rotatable bonds is 7. The van der Waals surface area contributed by atoms with Crippen molar-refractivity contribution in [2.24, 2.45) is 0 Å². The molecule has 0 spiro atoms. The number of ether oxygens (including phenoxy) is 2. The summed E-state index contributed by atoms with van der Waals surface area (Å²) in [6.07, 6.45) is 1.03. The average molecular weight is 293 g/mol. The monoisotopic (exact) mass is 293 g/mol. The fourth-order valence-corrected chi connectivity index (χ4v) is 1.57. The fourth-order valence-electron chi connectivity index (χ4n) is 1.57. The molecule has 2 N–H and O–H groups in total. The Labute approximate surface area is 123 Å². The van der Waals surface area contributed by atoms with Gasteiger partial charge in [0.2, 0.25) is 5.91 Å². The van der Waals surface area contributed by atoms with Crippen LogP contribution in [-0.2, 0) is 9.59 Å². The van der Waals surface area contributed by atoms with Crippen LogP contribution in [-0.4, -0.2) is 30.2 Å². The Morgan fingerprint density at radius 1 is 1.19 bits per heavy atom. The Morgan fingerprint density at radius 3 is 2.38 bits per heavy atom. The average Bonchev–Trinajstić information content (AvgIpc) is 2.42. The van der Waals surface area contributed by atoms with E-state index in [2.05, 4.69) is 5.32 Å². The van der Waals surface area contributed by atoms with E-state index < -0.39 is 11.9 Å². The highest BCUT2D eigenvalue weighted by molar-refractivity contribution is 6.04. The van der Waals surface area contributed by atoms with Crippen LogP contribution in [0.15, 0.2) is 29.8 Å². The third kappa shape index (κ3) is 5.18. The van der Waals surface area contributed by atoms with Gasteiger partial charge in [0.1, 0.15) is 0 Å². The summed E-state index contributed by atoms with van der Waals surface area (Å²) in [5.41, 5.74) is 0.463. The lowest BCUT2D eigenvalue weighted by Gasteiger charge is -2.12. The molecular formula is C15H19NO5. The molecule has 0 saturated carbocycles. The van der Waals surface area contributed by atoms with Crippen LogP contribution in [0.3, 0.4) is 0 Å². The zero-order chi connectivity index (χ0) is 15.8. The highest BCUT2D eigenvalue weighted by atomic mass is 16.5. The molecule has 0 aliphatic heterocycles. The Balaban J connectivity index is 2.89. The molecule has 6 nitrogen and oxygen atoms in total. The van der Waals surface area contributed by atoms with E-state index in [0.29, 0.717) is 30.4 Å². The molecule has 6 heteroatoms. The summed E-state index contributed by atoms with van der Waals surface area (Å²) in [6, 6.07) is 4.99. The topological polar surface area (TPSA) is 84.9 Å². The molecule has 114 valence electrons. The molecule has 0 aliphatic rings. The van der Waals surface area contributed by atoms with Crippen LogP contribution >= 0.6 is 0 Å². The summed E-state index contributed by atoms with van der Waals surface area (Å²) >= 11 is 0. The minimum absolute atomic E-state index is 0.0385. The van der Waals surface area contributed by atoms with Crippen LogP contribution in [0.2, 0.25) is 0 Å². The second-order valence-electron chi connectivity index (χ2n) is 4.15. The normalized spacial score (nSPS) is 10.9. The van der Waals surface area contributed by atoms with Crippen LogP contribution in [0.25, 0.3) is 0 Å². The molecule has 1 rings (SSSR count). The van der Waals surface area contributed by atoms with Crippen LogP contribution in [0.4, 0.5) is 5.69 Å². The molecule has 0 fully saturated rings. The molecule has 0 bridgehead atoms. The van der Waals surface area contributed by atoms with Gasteiger partial charge in [-0.25, -0.2) is 4.79 Å². The predicted molar refractivity (Wildman–Crippen MR) is 78.8 cm³/mol. The van der Waals surface area contributed by atoms with Gasteiger partial charge in [0.25, 0.3) is 0 Å². The number of hydrogen-bond acceptors (Lipinski definition) is 4. The highest BCUT2D eigenvalue weighted by Gasteiger charge is 2.09. The van der Waals surface area contributed by atoms with Crippen molar-refractivity contribution in [2.75, 3.05) is 18.5 Å². The van der Waals surface area contributed by atoms with E-state index in [9.17, 15) is 9.59 Å². The molecule has 1 amide bonds. The number of carboxylic acids is 1. The van der Waals surface area contributed by atoms with Crippen molar-refractivity contribution in [1.29, 1.82) is 0 Å². The lowest BCUT2D eigenvalue weighted by molar-refractivity contribution is -0.132. The van der Waals surface area contributed by atoms with Crippen molar-refractivity contribution in [3.05, 3.63) is 29.8 Å². The number of amides is 1. The number of aliphatic carboxylic acids is 1. The summed E-state index contributed by atoms with van der Waals surface area (Å²) in [6.45, 7) is 6.04. The van der Waals surface area contributed by atoms with E-state index in [1.54, 1.807) is 18.2 Å². The van der Waals surface area contributed by atoms with Crippen LogP contribution in [0.5, 0.6) is 11.5 Å². The van der Waals surface area contributed by atoms with E-state index in [1.807, 2.05) is 13.8 Å². The number of anilines is 1. The van der Waals surface area contributed by atoms with E-state index in [-0.39, 0.29) is 5.57 Å². The van der Waals surface area contributed by atoms with Gasteiger partial charge < -0.3 is 19.9 Å². The van der Waals surface area contributed by atoms with E-state index >= 15 is 0 Å². The van der Waals surface area contributed by atoms with Crippen LogP contribution in [0.1, 0.15) is 20.8 Å². The molecule has 1 aromatic rings. The van der Waals surface area contributed by atoms with Gasteiger partial charge in [-0.1, -0.05) is 0 Å². The third-order valence-electron chi connectivity index (χ3n) is 2.50. The summed E-state index contributed by atoms with van der Waals surface area (Å²) in [4.78, 5) is 22.3. The molecule has 0 heterocycles. The lowest BCUT2D eigenvalue weighted by Crippen LogP contribution is -2.11. The molecule has 0 saturated heterocycles. The van der Waals surface area contributed by atoms with Crippen LogP contribution in [0, 0.1) is 0 Å². The molecular weight excluding hydrogens is 274 g/mol. The standard InChI is InChI=1S/C15H19NO5/c1-4-20-12-7-6-11(9-13(12)21-5-2)16-14(17)8-10(3)15(18)19/h6-9H,4-5H2,1-3H3,(H,16,17)(H,18,19)/b10-8+. The zero-order valence-electron chi connectivity index (χ0n) is 12.3. The Morgan fingerprint density at radius 2 is 1.81 bits per heavy atom. The summed E-state index contributed by atoms with van der Waals surface area (Å²) in [7, 11) is 0. The SMILES string of the molecule is CCOc1ccc(NC(=O)/C=C(\C)C(=O)O)cc1OCC. The van der Waals surface area contributed by atoms with Gasteiger partial charge in [-0.05, 0) is 32.9 Å². The number of benzene rings is 1. The van der Waals surface area contributed by atoms with Gasteiger partial charge in [-0.2, -0.15) is 0 Å². The van der Waals surface area contributed by atoms with E-state index in [4.69, 9.17) is 14.6 Å². The van der Waals surface area contributed by atoms with Gasteiger partial charge in [-0.3, -0.25) is 4.79 Å². The van der Waals surface area contributed by atoms with Gasteiger partial charge in [-0.15, -0.1) is 0 Å². The first-order chi connectivity index (χ1) is 9.97. The van der Waals surface area contributed by atoms with Crippen LogP contribution < -0.4 is 14.8 Å². The third-order valence-corrected chi connectivity index (χ3v) is 2.50. The zero-order valence-corrected chi connectivity index (χ0v) is 12.3. The predicted octanol–water partition coefficient (Wildman–Crippen LogP) is 2.45. The van der Waals surface area contributed by atoms with E-state index in [1.165, 1.54) is 6.92 Å². The maximum atomic E-state index is 11.7. The molecule has 0 aromatic heterocycles. The largest absolute Gasteiger partial charge is 0.490 e. The molecule has 0 atom stereocenters. The Bertz CT molecular complexity index is 551. The first kappa shape index (κ1) is 16.6. The lowest BCUT2D eigenvalue weighted by atomic mass is 10.2. The number of carbonyl (C=O) groups is 2. The molecule has 0 radical (unpaired) electrons. The van der Waals surface area contributed by atoms with Crippen molar-refractivity contribution in [3.63, 3.8) is 0 Å². The van der Waals surface area contributed by atoms with Crippen molar-refractivity contribution < 1.29 is 24.2 Å². The minimum atomic E-state index is -1.13.